The highest BCUT2D eigenvalue weighted by Gasteiger charge is 2.20. The van der Waals surface area contributed by atoms with Crippen molar-refractivity contribution in [3.05, 3.63) is 29.8 Å². The van der Waals surface area contributed by atoms with Crippen LogP contribution in [0.2, 0.25) is 0 Å². The van der Waals surface area contributed by atoms with Crippen LogP contribution in [0.4, 0.5) is 5.69 Å². The molecule has 5 heteroatoms. The van der Waals surface area contributed by atoms with Gasteiger partial charge < -0.3 is 10.6 Å². The second-order valence-corrected chi connectivity index (χ2v) is 6.03. The standard InChI is InChI=1S/C17H27N3O.ClH/c1-14-3-5-16(6-4-14)19-17(21)13-20-11-8-15(9-12-20)7-10-18-2;/h3-6,15,18H,7-13H2,1-2H3,(H,19,21);1H. The van der Waals surface area contributed by atoms with Gasteiger partial charge in [-0.2, -0.15) is 0 Å². The molecule has 0 aromatic heterocycles. The number of nitrogens with one attached hydrogen (secondary N) is 2. The highest BCUT2D eigenvalue weighted by atomic mass is 35.5. The topological polar surface area (TPSA) is 44.4 Å². The van der Waals surface area contributed by atoms with E-state index in [0.29, 0.717) is 6.54 Å². The van der Waals surface area contributed by atoms with E-state index in [1.54, 1.807) is 0 Å². The first kappa shape index (κ1) is 18.9. The molecule has 1 amide bonds. The summed E-state index contributed by atoms with van der Waals surface area (Å²) in [5.41, 5.74) is 2.09. The van der Waals surface area contributed by atoms with Crippen molar-refractivity contribution in [1.29, 1.82) is 0 Å². The van der Waals surface area contributed by atoms with Crippen LogP contribution in [0.15, 0.2) is 24.3 Å². The monoisotopic (exact) mass is 325 g/mol. The Bertz CT molecular complexity index is 442. The van der Waals surface area contributed by atoms with Gasteiger partial charge in [0.05, 0.1) is 6.54 Å². The number of carbonyl (C=O) groups is 1. The van der Waals surface area contributed by atoms with Crippen molar-refractivity contribution < 1.29 is 4.79 Å². The first-order valence-electron chi connectivity index (χ1n) is 7.91. The molecule has 1 saturated heterocycles. The van der Waals surface area contributed by atoms with Gasteiger partial charge in [0.1, 0.15) is 0 Å². The number of anilines is 1. The molecule has 1 aromatic rings. The molecule has 1 aliphatic rings. The van der Waals surface area contributed by atoms with E-state index in [-0.39, 0.29) is 18.3 Å². The van der Waals surface area contributed by atoms with E-state index in [4.69, 9.17) is 0 Å². The van der Waals surface area contributed by atoms with Crippen molar-refractivity contribution >= 4 is 24.0 Å². The number of amides is 1. The molecule has 0 atom stereocenters. The quantitative estimate of drug-likeness (QED) is 0.845. The Labute approximate surface area is 140 Å². The lowest BCUT2D eigenvalue weighted by Crippen LogP contribution is -2.39. The summed E-state index contributed by atoms with van der Waals surface area (Å²) >= 11 is 0. The van der Waals surface area contributed by atoms with E-state index in [1.807, 2.05) is 38.2 Å². The molecule has 0 saturated carbocycles. The number of piperidine rings is 1. The Kier molecular flexibility index (Phi) is 8.46. The molecule has 124 valence electrons. The van der Waals surface area contributed by atoms with Crippen LogP contribution in [-0.4, -0.2) is 44.0 Å². The predicted octanol–water partition coefficient (Wildman–Crippen LogP) is 2.68. The number of nitrogens with zero attached hydrogens (tertiary/aromatic N) is 1. The first-order chi connectivity index (χ1) is 10.2. The van der Waals surface area contributed by atoms with E-state index >= 15 is 0 Å². The fourth-order valence-electron chi connectivity index (χ4n) is 2.82. The summed E-state index contributed by atoms with van der Waals surface area (Å²) in [4.78, 5) is 14.3. The number of benzene rings is 1. The number of carbonyl (C=O) groups excluding carboxylic acids is 1. The molecular weight excluding hydrogens is 298 g/mol. The predicted molar refractivity (Wildman–Crippen MR) is 94.8 cm³/mol. The Morgan fingerprint density at radius 2 is 1.86 bits per heavy atom. The zero-order valence-electron chi connectivity index (χ0n) is 13.6. The second kappa shape index (κ2) is 9.82. The van der Waals surface area contributed by atoms with Gasteiger partial charge in [-0.15, -0.1) is 12.4 Å². The fourth-order valence-corrected chi connectivity index (χ4v) is 2.82. The summed E-state index contributed by atoms with van der Waals surface area (Å²) in [6, 6.07) is 7.94. The summed E-state index contributed by atoms with van der Waals surface area (Å²) in [6.45, 7) is 5.72. The number of hydrogen-bond acceptors (Lipinski definition) is 3. The zero-order valence-corrected chi connectivity index (χ0v) is 14.4. The van der Waals surface area contributed by atoms with Gasteiger partial charge in [-0.1, -0.05) is 17.7 Å². The highest BCUT2D eigenvalue weighted by molar-refractivity contribution is 5.92. The Morgan fingerprint density at radius 3 is 2.45 bits per heavy atom. The maximum atomic E-state index is 12.1. The van der Waals surface area contributed by atoms with E-state index in [0.717, 1.165) is 31.2 Å². The van der Waals surface area contributed by atoms with Crippen LogP contribution < -0.4 is 10.6 Å². The first-order valence-corrected chi connectivity index (χ1v) is 7.91. The Balaban J connectivity index is 0.00000242. The molecule has 0 unspecified atom stereocenters. The van der Waals surface area contributed by atoms with Crippen LogP contribution in [0.25, 0.3) is 0 Å². The average Bonchev–Trinajstić information content (AvgIpc) is 2.49. The Morgan fingerprint density at radius 1 is 1.23 bits per heavy atom. The smallest absolute Gasteiger partial charge is 0.238 e. The third-order valence-electron chi connectivity index (χ3n) is 4.21. The van der Waals surface area contributed by atoms with Crippen molar-refractivity contribution in [1.82, 2.24) is 10.2 Å². The maximum Gasteiger partial charge on any atom is 0.238 e. The molecule has 22 heavy (non-hydrogen) atoms. The third-order valence-corrected chi connectivity index (χ3v) is 4.21. The molecule has 0 radical (unpaired) electrons. The van der Waals surface area contributed by atoms with Crippen LogP contribution in [0.3, 0.4) is 0 Å². The van der Waals surface area contributed by atoms with Crippen LogP contribution in [0, 0.1) is 12.8 Å². The largest absolute Gasteiger partial charge is 0.325 e. The number of halogens is 1. The van der Waals surface area contributed by atoms with Crippen molar-refractivity contribution in [3.63, 3.8) is 0 Å². The molecule has 0 bridgehead atoms. The lowest BCUT2D eigenvalue weighted by Gasteiger charge is -2.31. The number of hydrogen-bond donors (Lipinski definition) is 2. The summed E-state index contributed by atoms with van der Waals surface area (Å²) in [5, 5.41) is 6.18. The molecule has 0 spiro atoms. The third kappa shape index (κ3) is 6.34. The van der Waals surface area contributed by atoms with Crippen LogP contribution in [0.1, 0.15) is 24.8 Å². The molecule has 0 aliphatic carbocycles. The van der Waals surface area contributed by atoms with Crippen molar-refractivity contribution in [2.45, 2.75) is 26.2 Å². The van der Waals surface area contributed by atoms with Gasteiger partial charge in [-0.05, 0) is 70.9 Å². The molecule has 1 fully saturated rings. The van der Waals surface area contributed by atoms with Gasteiger partial charge in [0.25, 0.3) is 0 Å². The van der Waals surface area contributed by atoms with Crippen LogP contribution in [0.5, 0.6) is 0 Å². The van der Waals surface area contributed by atoms with Gasteiger partial charge in [0, 0.05) is 5.69 Å². The van der Waals surface area contributed by atoms with Crippen molar-refractivity contribution in [3.8, 4) is 0 Å². The van der Waals surface area contributed by atoms with E-state index in [2.05, 4.69) is 15.5 Å². The van der Waals surface area contributed by atoms with Gasteiger partial charge in [-0.25, -0.2) is 0 Å². The fraction of sp³-hybridized carbons (Fsp3) is 0.588. The molecule has 1 aliphatic heterocycles. The minimum Gasteiger partial charge on any atom is -0.325 e. The minimum atomic E-state index is 0. The molecule has 2 rings (SSSR count). The molecule has 1 heterocycles. The summed E-state index contributed by atoms with van der Waals surface area (Å²) in [6.07, 6.45) is 3.67. The lowest BCUT2D eigenvalue weighted by molar-refractivity contribution is -0.117. The van der Waals surface area contributed by atoms with Gasteiger partial charge >= 0.3 is 0 Å². The van der Waals surface area contributed by atoms with E-state index in [1.165, 1.54) is 24.8 Å². The summed E-state index contributed by atoms with van der Waals surface area (Å²) in [7, 11) is 2.00. The van der Waals surface area contributed by atoms with Crippen molar-refractivity contribution in [2.24, 2.45) is 5.92 Å². The SMILES string of the molecule is CNCCC1CCN(CC(=O)Nc2ccc(C)cc2)CC1.Cl. The number of aryl methyl sites for hydroxylation is 1. The highest BCUT2D eigenvalue weighted by Crippen LogP contribution is 2.19. The average molecular weight is 326 g/mol. The van der Waals surface area contributed by atoms with Gasteiger partial charge in [0.2, 0.25) is 5.91 Å². The van der Waals surface area contributed by atoms with E-state index < -0.39 is 0 Å². The molecule has 1 aromatic carbocycles. The van der Waals surface area contributed by atoms with Gasteiger partial charge in [-0.3, -0.25) is 9.69 Å². The summed E-state index contributed by atoms with van der Waals surface area (Å²) in [5.74, 6) is 0.904. The molecule has 2 N–H and O–H groups in total. The minimum absolute atomic E-state index is 0. The van der Waals surface area contributed by atoms with E-state index in [9.17, 15) is 4.79 Å². The number of likely N-dealkylation sites (tertiary alicyclic amines) is 1. The lowest BCUT2D eigenvalue weighted by atomic mass is 9.93. The number of rotatable bonds is 6. The second-order valence-electron chi connectivity index (χ2n) is 6.03. The van der Waals surface area contributed by atoms with Crippen LogP contribution in [-0.2, 0) is 4.79 Å². The molecule has 4 nitrogen and oxygen atoms in total. The van der Waals surface area contributed by atoms with Crippen molar-refractivity contribution in [2.75, 3.05) is 38.5 Å². The molecular formula is C17H28ClN3O. The normalized spacial score (nSPS) is 16.1. The van der Waals surface area contributed by atoms with Crippen LogP contribution >= 0.6 is 12.4 Å². The maximum absolute atomic E-state index is 12.1. The Hall–Kier alpha value is -1.10. The summed E-state index contributed by atoms with van der Waals surface area (Å²) < 4.78 is 0. The van der Waals surface area contributed by atoms with Gasteiger partial charge in [0.15, 0.2) is 0 Å². The zero-order chi connectivity index (χ0) is 15.1.